The minimum absolute atomic E-state index is 0.183. The summed E-state index contributed by atoms with van der Waals surface area (Å²) in [7, 11) is 1.58. The van der Waals surface area contributed by atoms with E-state index in [4.69, 9.17) is 9.47 Å². The lowest BCUT2D eigenvalue weighted by atomic mass is 10.1. The van der Waals surface area contributed by atoms with Crippen LogP contribution in [0.3, 0.4) is 0 Å². The van der Waals surface area contributed by atoms with Crippen molar-refractivity contribution in [1.82, 2.24) is 10.3 Å². The van der Waals surface area contributed by atoms with Gasteiger partial charge in [-0.3, -0.25) is 14.6 Å². The molecule has 0 spiro atoms. The van der Waals surface area contributed by atoms with E-state index in [0.29, 0.717) is 29.3 Å². The van der Waals surface area contributed by atoms with Gasteiger partial charge in [-0.05, 0) is 48.0 Å². The number of hydrogen-bond donors (Lipinski definition) is 2. The molecular weight excluding hydrogens is 370 g/mol. The average Bonchev–Trinajstić information content (AvgIpc) is 2.77. The summed E-state index contributed by atoms with van der Waals surface area (Å²) in [4.78, 5) is 28.8. The van der Waals surface area contributed by atoms with E-state index >= 15 is 0 Å². The Morgan fingerprint density at radius 2 is 1.72 bits per heavy atom. The lowest BCUT2D eigenvalue weighted by Crippen LogP contribution is -2.26. The van der Waals surface area contributed by atoms with Crippen LogP contribution in [0.5, 0.6) is 11.5 Å². The summed E-state index contributed by atoms with van der Waals surface area (Å²) < 4.78 is 10.6. The van der Waals surface area contributed by atoms with Crippen LogP contribution in [-0.4, -0.2) is 30.5 Å². The summed E-state index contributed by atoms with van der Waals surface area (Å²) in [5, 5.41) is 5.54. The van der Waals surface area contributed by atoms with Gasteiger partial charge in [0.1, 0.15) is 11.5 Å². The van der Waals surface area contributed by atoms with Gasteiger partial charge in [0.25, 0.3) is 11.8 Å². The largest absolute Gasteiger partial charge is 0.497 e. The molecule has 7 heteroatoms. The highest BCUT2D eigenvalue weighted by molar-refractivity contribution is 6.04. The summed E-state index contributed by atoms with van der Waals surface area (Å²) in [6.45, 7) is 0.160. The molecular formula is C22H21N3O4. The fraction of sp³-hybridized carbons (Fsp3) is 0.136. The predicted octanol–water partition coefficient (Wildman–Crippen LogP) is 3.04. The van der Waals surface area contributed by atoms with Crippen molar-refractivity contribution in [2.75, 3.05) is 19.0 Å². The lowest BCUT2D eigenvalue weighted by Gasteiger charge is -2.12. The van der Waals surface area contributed by atoms with Crippen LogP contribution in [0.1, 0.15) is 15.9 Å². The van der Waals surface area contributed by atoms with Crippen molar-refractivity contribution in [1.29, 1.82) is 0 Å². The Morgan fingerprint density at radius 3 is 2.45 bits per heavy atom. The topological polar surface area (TPSA) is 89.5 Å². The summed E-state index contributed by atoms with van der Waals surface area (Å²) in [5.41, 5.74) is 1.67. The summed E-state index contributed by atoms with van der Waals surface area (Å²) in [6.07, 6.45) is 3.36. The van der Waals surface area contributed by atoms with Crippen LogP contribution < -0.4 is 20.1 Å². The number of nitrogens with zero attached hydrogens (tertiary/aromatic N) is 1. The second-order valence-electron chi connectivity index (χ2n) is 6.10. The number of nitrogens with one attached hydrogen (secondary N) is 2. The minimum Gasteiger partial charge on any atom is -0.497 e. The first-order valence-electron chi connectivity index (χ1n) is 8.98. The third-order valence-electron chi connectivity index (χ3n) is 4.05. The first kappa shape index (κ1) is 19.9. The average molecular weight is 391 g/mol. The Balaban J connectivity index is 1.57. The maximum Gasteiger partial charge on any atom is 0.262 e. The molecule has 0 saturated heterocycles. The number of ether oxygens (including phenoxy) is 2. The van der Waals surface area contributed by atoms with Gasteiger partial charge in [0, 0.05) is 18.9 Å². The standard InChI is InChI=1S/C22H21N3O4/c1-28-17-8-10-18(11-9-17)29-15-21(26)25-20-7-3-2-6-19(20)22(27)24-14-16-5-4-12-23-13-16/h2-13H,14-15H2,1H3,(H,24,27)(H,25,26). The molecule has 29 heavy (non-hydrogen) atoms. The lowest BCUT2D eigenvalue weighted by molar-refractivity contribution is -0.118. The van der Waals surface area contributed by atoms with Gasteiger partial charge in [-0.25, -0.2) is 0 Å². The van der Waals surface area contributed by atoms with Gasteiger partial charge in [0.2, 0.25) is 0 Å². The van der Waals surface area contributed by atoms with Crippen LogP contribution in [0, 0.1) is 0 Å². The third-order valence-corrected chi connectivity index (χ3v) is 4.05. The molecule has 0 radical (unpaired) electrons. The molecule has 148 valence electrons. The summed E-state index contributed by atoms with van der Waals surface area (Å²) in [6, 6.07) is 17.4. The van der Waals surface area contributed by atoms with Crippen LogP contribution in [0.15, 0.2) is 73.1 Å². The van der Waals surface area contributed by atoms with Gasteiger partial charge in [-0.15, -0.1) is 0 Å². The number of benzene rings is 2. The molecule has 3 aromatic rings. The van der Waals surface area contributed by atoms with Crippen LogP contribution in [0.4, 0.5) is 5.69 Å². The highest BCUT2D eigenvalue weighted by Crippen LogP contribution is 2.18. The molecule has 0 fully saturated rings. The minimum atomic E-state index is -0.367. The molecule has 1 heterocycles. The van der Waals surface area contributed by atoms with Crippen molar-refractivity contribution in [3.63, 3.8) is 0 Å². The van der Waals surface area contributed by atoms with E-state index < -0.39 is 0 Å². The number of carbonyl (C=O) groups is 2. The zero-order valence-electron chi connectivity index (χ0n) is 15.9. The smallest absolute Gasteiger partial charge is 0.262 e. The Kier molecular flexibility index (Phi) is 6.78. The maximum absolute atomic E-state index is 12.5. The van der Waals surface area contributed by atoms with Gasteiger partial charge in [-0.1, -0.05) is 18.2 Å². The van der Waals surface area contributed by atoms with Gasteiger partial charge in [-0.2, -0.15) is 0 Å². The van der Waals surface area contributed by atoms with Crippen molar-refractivity contribution in [2.45, 2.75) is 6.54 Å². The first-order chi connectivity index (χ1) is 14.2. The molecule has 0 aliphatic carbocycles. The fourth-order valence-corrected chi connectivity index (χ4v) is 2.58. The number of hydrogen-bond acceptors (Lipinski definition) is 5. The predicted molar refractivity (Wildman–Crippen MR) is 109 cm³/mol. The van der Waals surface area contributed by atoms with Crippen molar-refractivity contribution < 1.29 is 19.1 Å². The second kappa shape index (κ2) is 9.89. The number of aromatic nitrogens is 1. The molecule has 0 bridgehead atoms. The van der Waals surface area contributed by atoms with E-state index in [-0.39, 0.29) is 18.4 Å². The highest BCUT2D eigenvalue weighted by Gasteiger charge is 2.13. The molecule has 0 atom stereocenters. The van der Waals surface area contributed by atoms with Gasteiger partial charge >= 0.3 is 0 Å². The van der Waals surface area contributed by atoms with E-state index in [1.807, 2.05) is 6.07 Å². The number of rotatable bonds is 8. The number of methoxy groups -OCH3 is 1. The quantitative estimate of drug-likeness (QED) is 0.616. The monoisotopic (exact) mass is 391 g/mol. The summed E-state index contributed by atoms with van der Waals surface area (Å²) in [5.74, 6) is 0.589. The van der Waals surface area contributed by atoms with E-state index in [2.05, 4.69) is 15.6 Å². The van der Waals surface area contributed by atoms with E-state index in [1.165, 1.54) is 0 Å². The Labute approximate surface area is 168 Å². The zero-order chi connectivity index (χ0) is 20.5. The second-order valence-corrected chi connectivity index (χ2v) is 6.10. The zero-order valence-corrected chi connectivity index (χ0v) is 15.9. The molecule has 0 aliphatic rings. The molecule has 0 aliphatic heterocycles. The SMILES string of the molecule is COc1ccc(OCC(=O)Nc2ccccc2C(=O)NCc2cccnc2)cc1. The highest BCUT2D eigenvalue weighted by atomic mass is 16.5. The number of para-hydroxylation sites is 1. The molecule has 2 amide bonds. The number of anilines is 1. The molecule has 7 nitrogen and oxygen atoms in total. The van der Waals surface area contributed by atoms with Crippen LogP contribution >= 0.6 is 0 Å². The number of amides is 2. The number of carbonyl (C=O) groups excluding carboxylic acids is 2. The summed E-state index contributed by atoms with van der Waals surface area (Å²) >= 11 is 0. The van der Waals surface area contributed by atoms with E-state index in [0.717, 1.165) is 5.56 Å². The number of pyridine rings is 1. The van der Waals surface area contributed by atoms with Crippen LogP contribution in [0.2, 0.25) is 0 Å². The fourth-order valence-electron chi connectivity index (χ4n) is 2.58. The first-order valence-corrected chi connectivity index (χ1v) is 8.98. The molecule has 0 unspecified atom stereocenters. The Bertz CT molecular complexity index is 959. The maximum atomic E-state index is 12.5. The van der Waals surface area contributed by atoms with Crippen LogP contribution in [0.25, 0.3) is 0 Å². The molecule has 2 N–H and O–H groups in total. The van der Waals surface area contributed by atoms with Crippen molar-refractivity contribution in [3.05, 3.63) is 84.2 Å². The molecule has 3 rings (SSSR count). The third kappa shape index (κ3) is 5.80. The van der Waals surface area contributed by atoms with Gasteiger partial charge < -0.3 is 20.1 Å². The van der Waals surface area contributed by atoms with Crippen molar-refractivity contribution in [3.8, 4) is 11.5 Å². The molecule has 2 aromatic carbocycles. The Hall–Kier alpha value is -3.87. The normalized spacial score (nSPS) is 10.1. The van der Waals surface area contributed by atoms with Crippen molar-refractivity contribution in [2.24, 2.45) is 0 Å². The van der Waals surface area contributed by atoms with E-state index in [1.54, 1.807) is 74.1 Å². The van der Waals surface area contributed by atoms with Gasteiger partial charge in [0.05, 0.1) is 18.4 Å². The van der Waals surface area contributed by atoms with Gasteiger partial charge in [0.15, 0.2) is 6.61 Å². The van der Waals surface area contributed by atoms with E-state index in [9.17, 15) is 9.59 Å². The molecule has 0 saturated carbocycles. The Morgan fingerprint density at radius 1 is 0.966 bits per heavy atom. The van der Waals surface area contributed by atoms with Crippen molar-refractivity contribution >= 4 is 17.5 Å². The van der Waals surface area contributed by atoms with Crippen LogP contribution in [-0.2, 0) is 11.3 Å². The molecule has 1 aromatic heterocycles.